The van der Waals surface area contributed by atoms with E-state index in [1.807, 2.05) is 27.7 Å². The molecular weight excluding hydrogens is 372 g/mol. The van der Waals surface area contributed by atoms with E-state index in [9.17, 15) is 9.00 Å². The third kappa shape index (κ3) is 4.70. The van der Waals surface area contributed by atoms with Crippen LogP contribution in [0.4, 0.5) is 9.18 Å². The Labute approximate surface area is 161 Å². The summed E-state index contributed by atoms with van der Waals surface area (Å²) >= 11 is 0. The molecule has 1 aliphatic heterocycles. The summed E-state index contributed by atoms with van der Waals surface area (Å²) in [5.74, 6) is -0.768. The Morgan fingerprint density at radius 1 is 1.19 bits per heavy atom. The van der Waals surface area contributed by atoms with Gasteiger partial charge in [0.2, 0.25) is 0 Å². The summed E-state index contributed by atoms with van der Waals surface area (Å²) in [5, 5.41) is 0. The fraction of sp³-hybridized carbons (Fsp3) is 0.611. The van der Waals surface area contributed by atoms with Crippen LogP contribution in [0.3, 0.4) is 0 Å². The van der Waals surface area contributed by atoms with Gasteiger partial charge in [0.15, 0.2) is 0 Å². The van der Waals surface area contributed by atoms with Crippen LogP contribution < -0.4 is 5.46 Å². The number of halogens is 1. The summed E-state index contributed by atoms with van der Waals surface area (Å²) in [5.41, 5.74) is -1.97. The molecule has 0 bridgehead atoms. The fourth-order valence-electron chi connectivity index (χ4n) is 2.44. The molecule has 1 amide bonds. The van der Waals surface area contributed by atoms with Gasteiger partial charge in [-0.15, -0.1) is 4.36 Å². The monoisotopic (exact) mass is 399 g/mol. The molecule has 1 heterocycles. The Morgan fingerprint density at radius 3 is 2.19 bits per heavy atom. The van der Waals surface area contributed by atoms with E-state index in [0.29, 0.717) is 0 Å². The molecular formula is C18H27BFNO5S. The van der Waals surface area contributed by atoms with E-state index < -0.39 is 45.6 Å². The number of carbonyl (C=O) groups is 1. The molecule has 1 atom stereocenters. The van der Waals surface area contributed by atoms with Crippen molar-refractivity contribution in [3.63, 3.8) is 0 Å². The topological polar surface area (TPSA) is 74.2 Å². The first kappa shape index (κ1) is 21.9. The second-order valence-electron chi connectivity index (χ2n) is 8.62. The molecule has 9 heteroatoms. The van der Waals surface area contributed by atoms with E-state index >= 15 is 4.39 Å². The summed E-state index contributed by atoms with van der Waals surface area (Å²) in [6.07, 6.45) is 0.194. The first-order valence-electron chi connectivity index (χ1n) is 8.65. The number of ether oxygens (including phenoxy) is 1. The number of carbonyl (C=O) groups excluding carboxylic acids is 1. The lowest BCUT2D eigenvalue weighted by atomic mass is 9.79. The van der Waals surface area contributed by atoms with Gasteiger partial charge in [0, 0.05) is 11.7 Å². The second-order valence-corrected chi connectivity index (χ2v) is 10.8. The smallest absolute Gasteiger partial charge is 0.442 e. The van der Waals surface area contributed by atoms with Gasteiger partial charge in [-0.2, -0.15) is 0 Å². The summed E-state index contributed by atoms with van der Waals surface area (Å²) in [4.78, 5) is 11.7. The zero-order valence-electron chi connectivity index (χ0n) is 17.1. The molecule has 0 N–H and O–H groups in total. The average molecular weight is 399 g/mol. The van der Waals surface area contributed by atoms with Crippen molar-refractivity contribution < 1.29 is 27.4 Å². The third-order valence-corrected chi connectivity index (χ3v) is 6.18. The maximum atomic E-state index is 15.2. The Balaban J connectivity index is 2.43. The highest BCUT2D eigenvalue weighted by atomic mass is 32.2. The molecule has 0 saturated carbocycles. The van der Waals surface area contributed by atoms with Gasteiger partial charge >= 0.3 is 13.2 Å². The number of hydrogen-bond donors (Lipinski definition) is 0. The minimum Gasteiger partial charge on any atom is -0.442 e. The zero-order chi connectivity index (χ0) is 20.8. The highest BCUT2D eigenvalue weighted by molar-refractivity contribution is 7.93. The van der Waals surface area contributed by atoms with Crippen molar-refractivity contribution in [1.82, 2.24) is 0 Å². The van der Waals surface area contributed by atoms with Gasteiger partial charge < -0.3 is 14.0 Å². The van der Waals surface area contributed by atoms with Crippen molar-refractivity contribution in [2.24, 2.45) is 4.36 Å². The molecule has 1 fully saturated rings. The molecule has 0 aromatic heterocycles. The van der Waals surface area contributed by atoms with Crippen LogP contribution in [0, 0.1) is 5.82 Å². The van der Waals surface area contributed by atoms with Gasteiger partial charge in [-0.05, 0) is 54.5 Å². The Kier molecular flexibility index (Phi) is 5.55. The van der Waals surface area contributed by atoms with E-state index in [1.165, 1.54) is 24.5 Å². The van der Waals surface area contributed by atoms with Crippen LogP contribution in [0.15, 0.2) is 27.5 Å². The quantitative estimate of drug-likeness (QED) is 0.712. The van der Waals surface area contributed by atoms with Crippen LogP contribution in [-0.4, -0.2) is 40.5 Å². The van der Waals surface area contributed by atoms with Crippen LogP contribution in [0.25, 0.3) is 0 Å². The van der Waals surface area contributed by atoms with E-state index in [2.05, 4.69) is 4.36 Å². The molecule has 1 unspecified atom stereocenters. The largest absolute Gasteiger partial charge is 0.497 e. The summed E-state index contributed by atoms with van der Waals surface area (Å²) in [6.45, 7) is 12.4. The first-order valence-corrected chi connectivity index (χ1v) is 10.6. The molecule has 2 rings (SSSR count). The van der Waals surface area contributed by atoms with Gasteiger partial charge in [0.05, 0.1) is 25.8 Å². The van der Waals surface area contributed by atoms with Crippen molar-refractivity contribution in [2.75, 3.05) is 6.26 Å². The van der Waals surface area contributed by atoms with Gasteiger partial charge in [-0.25, -0.2) is 13.4 Å². The molecule has 6 nitrogen and oxygen atoms in total. The molecule has 1 saturated heterocycles. The van der Waals surface area contributed by atoms with Gasteiger partial charge in [-0.1, -0.05) is 12.1 Å². The Bertz CT molecular complexity index is 853. The number of nitrogens with zero attached hydrogens (tertiary/aromatic N) is 1. The minimum atomic E-state index is -3.36. The van der Waals surface area contributed by atoms with Crippen LogP contribution in [-0.2, 0) is 23.8 Å². The molecule has 1 aromatic rings. The van der Waals surface area contributed by atoms with Crippen LogP contribution in [0.5, 0.6) is 0 Å². The zero-order valence-corrected chi connectivity index (χ0v) is 17.9. The number of rotatable bonds is 2. The second kappa shape index (κ2) is 6.86. The lowest BCUT2D eigenvalue weighted by Crippen LogP contribution is -2.41. The van der Waals surface area contributed by atoms with E-state index in [-0.39, 0.29) is 10.4 Å². The molecule has 150 valence electrons. The van der Waals surface area contributed by atoms with Crippen LogP contribution in [0.2, 0.25) is 0 Å². The van der Waals surface area contributed by atoms with Crippen molar-refractivity contribution in [2.45, 2.75) is 70.2 Å². The highest BCUT2D eigenvalue weighted by Crippen LogP contribution is 2.36. The van der Waals surface area contributed by atoms with E-state index in [4.69, 9.17) is 14.0 Å². The van der Waals surface area contributed by atoms with Gasteiger partial charge in [0.1, 0.15) is 11.4 Å². The first-order chi connectivity index (χ1) is 12.1. The van der Waals surface area contributed by atoms with Crippen molar-refractivity contribution in [1.29, 1.82) is 0 Å². The third-order valence-electron chi connectivity index (χ3n) is 4.55. The lowest BCUT2D eigenvalue weighted by molar-refractivity contribution is 0.00578. The van der Waals surface area contributed by atoms with Crippen molar-refractivity contribution in [3.8, 4) is 0 Å². The number of amides is 1. The van der Waals surface area contributed by atoms with Crippen LogP contribution >= 0.6 is 0 Å². The van der Waals surface area contributed by atoms with Crippen molar-refractivity contribution in [3.05, 3.63) is 24.0 Å². The maximum Gasteiger partial charge on any atom is 0.497 e. The minimum absolute atomic E-state index is 0.111. The predicted octanol–water partition coefficient (Wildman–Crippen LogP) is 3.52. The van der Waals surface area contributed by atoms with Gasteiger partial charge in [0.25, 0.3) is 0 Å². The molecule has 0 aliphatic carbocycles. The average Bonchev–Trinajstić information content (AvgIpc) is 2.64. The summed E-state index contributed by atoms with van der Waals surface area (Å²) in [7, 11) is -4.31. The molecule has 0 radical (unpaired) electrons. The molecule has 1 aliphatic rings. The molecule has 0 spiro atoms. The Hall–Kier alpha value is -1.45. The van der Waals surface area contributed by atoms with Gasteiger partial charge in [-0.3, -0.25) is 0 Å². The molecule has 1 aromatic carbocycles. The SMILES string of the molecule is CC(C)(C)OC(=O)N=S(C)(=O)c1cccc(B2OC(C)(C)C(C)(C)O2)c1F. The summed E-state index contributed by atoms with van der Waals surface area (Å²) in [6, 6.07) is 4.37. The van der Waals surface area contributed by atoms with Crippen LogP contribution in [0.1, 0.15) is 48.5 Å². The molecule has 27 heavy (non-hydrogen) atoms. The van der Waals surface area contributed by atoms with Crippen molar-refractivity contribution >= 4 is 28.4 Å². The standard InChI is InChI=1S/C18H27BFNO5S/c1-16(2,3)24-15(22)21-27(8,23)13-11-9-10-12(14(13)20)19-25-17(4,5)18(6,7)26-19/h9-11H,1-8H3. The van der Waals surface area contributed by atoms with E-state index in [0.717, 1.165) is 0 Å². The normalized spacial score (nSPS) is 20.9. The van der Waals surface area contributed by atoms with E-state index in [1.54, 1.807) is 20.8 Å². The Morgan fingerprint density at radius 2 is 1.70 bits per heavy atom. The predicted molar refractivity (Wildman–Crippen MR) is 103 cm³/mol. The lowest BCUT2D eigenvalue weighted by Gasteiger charge is -2.32. The fourth-order valence-corrected chi connectivity index (χ4v) is 3.65. The summed E-state index contributed by atoms with van der Waals surface area (Å²) < 4.78 is 48.5. The number of hydrogen-bond acceptors (Lipinski definition) is 5. The number of benzene rings is 1. The highest BCUT2D eigenvalue weighted by Gasteiger charge is 2.52. The maximum absolute atomic E-state index is 15.2.